The molecule has 0 spiro atoms. The number of aliphatic carboxylic acids is 1. The lowest BCUT2D eigenvalue weighted by Gasteiger charge is -2.46. The molecule has 1 fully saturated rings. The first-order valence-electron chi connectivity index (χ1n) is 7.52. The zero-order chi connectivity index (χ0) is 14.7. The fraction of sp³-hybridized carbons (Fsp3) is 0.588. The second kappa shape index (κ2) is 6.29. The molecule has 1 saturated carbocycles. The van der Waals surface area contributed by atoms with Crippen LogP contribution in [0.4, 0.5) is 5.69 Å². The van der Waals surface area contributed by atoms with Gasteiger partial charge in [-0.15, -0.1) is 0 Å². The van der Waals surface area contributed by atoms with Gasteiger partial charge >= 0.3 is 5.97 Å². The Hall–Kier alpha value is -1.51. The van der Waals surface area contributed by atoms with E-state index in [-0.39, 0.29) is 6.42 Å². The Morgan fingerprint density at radius 1 is 1.30 bits per heavy atom. The summed E-state index contributed by atoms with van der Waals surface area (Å²) in [6, 6.07) is 8.92. The van der Waals surface area contributed by atoms with Crippen LogP contribution in [0.25, 0.3) is 0 Å². The highest BCUT2D eigenvalue weighted by atomic mass is 16.4. The van der Waals surface area contributed by atoms with Gasteiger partial charge in [0, 0.05) is 18.3 Å². The van der Waals surface area contributed by atoms with Crippen LogP contribution in [0.1, 0.15) is 38.7 Å². The van der Waals surface area contributed by atoms with Gasteiger partial charge in [0.05, 0.1) is 6.42 Å². The normalized spacial score (nSPS) is 21.6. The van der Waals surface area contributed by atoms with Crippen molar-refractivity contribution in [3.63, 3.8) is 0 Å². The molecule has 1 aromatic rings. The van der Waals surface area contributed by atoms with Crippen molar-refractivity contribution in [3.05, 3.63) is 29.8 Å². The molecule has 0 bridgehead atoms. The summed E-state index contributed by atoms with van der Waals surface area (Å²) in [4.78, 5) is 13.1. The van der Waals surface area contributed by atoms with E-state index in [4.69, 9.17) is 5.11 Å². The van der Waals surface area contributed by atoms with Gasteiger partial charge in [0.2, 0.25) is 0 Å². The van der Waals surface area contributed by atoms with Crippen LogP contribution in [-0.2, 0) is 4.79 Å². The zero-order valence-electron chi connectivity index (χ0n) is 12.7. The fourth-order valence-corrected chi connectivity index (χ4v) is 2.90. The van der Waals surface area contributed by atoms with Crippen molar-refractivity contribution in [1.29, 1.82) is 0 Å². The van der Waals surface area contributed by atoms with Crippen LogP contribution < -0.4 is 4.90 Å². The largest absolute Gasteiger partial charge is 0.481 e. The Balaban J connectivity index is 2.05. The zero-order valence-corrected chi connectivity index (χ0v) is 12.7. The van der Waals surface area contributed by atoms with Crippen LogP contribution in [0.15, 0.2) is 24.3 Å². The number of carboxylic acids is 1. The maximum absolute atomic E-state index is 10.9. The number of nitrogens with zero attached hydrogens (tertiary/aromatic N) is 1. The molecule has 110 valence electrons. The van der Waals surface area contributed by atoms with Crippen molar-refractivity contribution in [2.45, 2.75) is 46.1 Å². The van der Waals surface area contributed by atoms with Gasteiger partial charge in [-0.2, -0.15) is 0 Å². The second-order valence-electron chi connectivity index (χ2n) is 6.30. The third kappa shape index (κ3) is 3.53. The maximum atomic E-state index is 10.9. The third-order valence-corrected chi connectivity index (χ3v) is 4.47. The van der Waals surface area contributed by atoms with Gasteiger partial charge < -0.3 is 10.0 Å². The SMILES string of the molecule is Cc1ccc(N(CCC(=O)O)C2CC(C(C)C)C2)cc1. The van der Waals surface area contributed by atoms with E-state index in [1.807, 2.05) is 0 Å². The molecular weight excluding hydrogens is 250 g/mol. The van der Waals surface area contributed by atoms with E-state index in [1.165, 1.54) is 18.4 Å². The molecule has 0 aromatic heterocycles. The Kier molecular flexibility index (Phi) is 4.69. The summed E-state index contributed by atoms with van der Waals surface area (Å²) in [5, 5.41) is 8.94. The van der Waals surface area contributed by atoms with E-state index in [0.29, 0.717) is 12.6 Å². The van der Waals surface area contributed by atoms with Gasteiger partial charge in [0.25, 0.3) is 0 Å². The number of benzene rings is 1. The quantitative estimate of drug-likeness (QED) is 0.860. The Morgan fingerprint density at radius 2 is 1.90 bits per heavy atom. The maximum Gasteiger partial charge on any atom is 0.305 e. The molecule has 1 aliphatic carbocycles. The van der Waals surface area contributed by atoms with Crippen LogP contribution in [0, 0.1) is 18.8 Å². The van der Waals surface area contributed by atoms with Crippen LogP contribution in [0.2, 0.25) is 0 Å². The van der Waals surface area contributed by atoms with Crippen molar-refractivity contribution in [3.8, 4) is 0 Å². The standard InChI is InChI=1S/C17H25NO2/c1-12(2)14-10-16(11-14)18(9-8-17(19)20)15-6-4-13(3)5-7-15/h4-7,12,14,16H,8-11H2,1-3H3,(H,19,20). The summed E-state index contributed by atoms with van der Waals surface area (Å²) < 4.78 is 0. The molecule has 0 heterocycles. The molecule has 3 nitrogen and oxygen atoms in total. The van der Waals surface area contributed by atoms with Crippen LogP contribution in [0.5, 0.6) is 0 Å². The van der Waals surface area contributed by atoms with E-state index in [9.17, 15) is 4.79 Å². The number of hydrogen-bond donors (Lipinski definition) is 1. The van der Waals surface area contributed by atoms with E-state index < -0.39 is 5.97 Å². The minimum atomic E-state index is -0.721. The lowest BCUT2D eigenvalue weighted by Crippen LogP contribution is -2.47. The summed E-state index contributed by atoms with van der Waals surface area (Å²) in [7, 11) is 0. The second-order valence-corrected chi connectivity index (χ2v) is 6.30. The van der Waals surface area contributed by atoms with Crippen molar-refractivity contribution < 1.29 is 9.90 Å². The van der Waals surface area contributed by atoms with E-state index in [2.05, 4.69) is 49.9 Å². The number of rotatable bonds is 6. The van der Waals surface area contributed by atoms with Gasteiger partial charge in [0.1, 0.15) is 0 Å². The van der Waals surface area contributed by atoms with Crippen LogP contribution >= 0.6 is 0 Å². The molecule has 0 amide bonds. The minimum absolute atomic E-state index is 0.205. The van der Waals surface area contributed by atoms with Gasteiger partial charge in [-0.05, 0) is 43.7 Å². The average molecular weight is 275 g/mol. The first-order valence-corrected chi connectivity index (χ1v) is 7.52. The minimum Gasteiger partial charge on any atom is -0.481 e. The highest BCUT2D eigenvalue weighted by molar-refractivity contribution is 5.67. The average Bonchev–Trinajstić information content (AvgIpc) is 2.32. The molecule has 0 unspecified atom stereocenters. The van der Waals surface area contributed by atoms with Crippen LogP contribution in [0.3, 0.4) is 0 Å². The van der Waals surface area contributed by atoms with E-state index >= 15 is 0 Å². The smallest absolute Gasteiger partial charge is 0.305 e. The van der Waals surface area contributed by atoms with Gasteiger partial charge in [-0.25, -0.2) is 0 Å². The molecule has 1 aliphatic rings. The summed E-state index contributed by atoms with van der Waals surface area (Å²) in [5.74, 6) is 0.796. The van der Waals surface area contributed by atoms with Gasteiger partial charge in [0.15, 0.2) is 0 Å². The molecule has 1 aromatic carbocycles. The van der Waals surface area contributed by atoms with Gasteiger partial charge in [-0.3, -0.25) is 4.79 Å². The Morgan fingerprint density at radius 3 is 2.40 bits per heavy atom. The lowest BCUT2D eigenvalue weighted by atomic mass is 9.73. The summed E-state index contributed by atoms with van der Waals surface area (Å²) in [5.41, 5.74) is 2.39. The molecular formula is C17H25NO2. The molecule has 0 aliphatic heterocycles. The van der Waals surface area contributed by atoms with Crippen LogP contribution in [-0.4, -0.2) is 23.7 Å². The van der Waals surface area contributed by atoms with E-state index in [0.717, 1.165) is 17.5 Å². The predicted octanol–water partition coefficient (Wildman–Crippen LogP) is 3.71. The van der Waals surface area contributed by atoms with Gasteiger partial charge in [-0.1, -0.05) is 31.5 Å². The highest BCUT2D eigenvalue weighted by Gasteiger charge is 2.35. The summed E-state index contributed by atoms with van der Waals surface area (Å²) in [6.45, 7) is 7.22. The number of carboxylic acid groups (broad SMARTS) is 1. The van der Waals surface area contributed by atoms with E-state index in [1.54, 1.807) is 0 Å². The first-order chi connectivity index (χ1) is 9.47. The number of hydrogen-bond acceptors (Lipinski definition) is 2. The van der Waals surface area contributed by atoms with Crippen molar-refractivity contribution in [1.82, 2.24) is 0 Å². The predicted molar refractivity (Wildman–Crippen MR) is 82.1 cm³/mol. The van der Waals surface area contributed by atoms with Crippen molar-refractivity contribution in [2.75, 3.05) is 11.4 Å². The number of anilines is 1. The lowest BCUT2D eigenvalue weighted by molar-refractivity contribution is -0.136. The van der Waals surface area contributed by atoms with Crippen molar-refractivity contribution >= 4 is 11.7 Å². The Labute approximate surface area is 121 Å². The topological polar surface area (TPSA) is 40.5 Å². The summed E-state index contributed by atoms with van der Waals surface area (Å²) in [6.07, 6.45) is 2.58. The fourth-order valence-electron chi connectivity index (χ4n) is 2.90. The number of aryl methyl sites for hydroxylation is 1. The highest BCUT2D eigenvalue weighted by Crippen LogP contribution is 2.38. The molecule has 1 N–H and O–H groups in total. The Bertz CT molecular complexity index is 447. The third-order valence-electron chi connectivity index (χ3n) is 4.47. The molecule has 2 rings (SSSR count). The summed E-state index contributed by atoms with van der Waals surface area (Å²) >= 11 is 0. The first kappa shape index (κ1) is 14.9. The molecule has 0 atom stereocenters. The van der Waals surface area contributed by atoms with Crippen molar-refractivity contribution in [2.24, 2.45) is 11.8 Å². The molecule has 0 saturated heterocycles. The monoisotopic (exact) mass is 275 g/mol. The molecule has 3 heteroatoms. The molecule has 20 heavy (non-hydrogen) atoms. The molecule has 0 radical (unpaired) electrons. The number of carbonyl (C=O) groups is 1.